The van der Waals surface area contributed by atoms with Crippen molar-refractivity contribution in [2.24, 2.45) is 7.05 Å². The Kier molecular flexibility index (Phi) is 4.42. The van der Waals surface area contributed by atoms with E-state index < -0.39 is 21.8 Å². The quantitative estimate of drug-likeness (QED) is 0.876. The van der Waals surface area contributed by atoms with Gasteiger partial charge in [0.05, 0.1) is 30.6 Å². The largest absolute Gasteiger partial charge is 0.372 e. The normalized spacial score (nSPS) is 15.1. The van der Waals surface area contributed by atoms with Gasteiger partial charge < -0.3 is 4.74 Å². The molecule has 1 aromatic heterocycles. The minimum atomic E-state index is -3.77. The van der Waals surface area contributed by atoms with Crippen LogP contribution in [0.15, 0.2) is 30.5 Å². The Morgan fingerprint density at radius 1 is 1.33 bits per heavy atom. The Morgan fingerprint density at radius 2 is 2.08 bits per heavy atom. The second-order valence-electron chi connectivity index (χ2n) is 5.92. The van der Waals surface area contributed by atoms with Gasteiger partial charge in [-0.2, -0.15) is 5.10 Å². The van der Waals surface area contributed by atoms with Crippen LogP contribution in [-0.2, 0) is 45.6 Å². The lowest BCUT2D eigenvalue weighted by atomic mass is 10.1. The lowest BCUT2D eigenvalue weighted by molar-refractivity contribution is -0.120. The maximum atomic E-state index is 12.3. The Morgan fingerprint density at radius 3 is 2.79 bits per heavy atom. The van der Waals surface area contributed by atoms with Gasteiger partial charge in [-0.15, -0.1) is 0 Å². The maximum absolute atomic E-state index is 12.3. The number of sulfonamides is 1. The molecule has 0 bridgehead atoms. The summed E-state index contributed by atoms with van der Waals surface area (Å²) >= 11 is 0. The summed E-state index contributed by atoms with van der Waals surface area (Å²) < 4.78 is 33.6. The maximum Gasteiger partial charge on any atom is 0.242 e. The Bertz CT molecular complexity index is 873. The number of nitrogens with one attached hydrogen (secondary N) is 1. The molecule has 1 atom stereocenters. The highest BCUT2D eigenvalue weighted by Gasteiger charge is 2.24. The van der Waals surface area contributed by atoms with Crippen LogP contribution >= 0.6 is 0 Å². The topological polar surface area (TPSA) is 90.3 Å². The van der Waals surface area contributed by atoms with Crippen molar-refractivity contribution in [1.82, 2.24) is 14.5 Å². The summed E-state index contributed by atoms with van der Waals surface area (Å²) in [7, 11) is -2.06. The molecule has 0 saturated carbocycles. The van der Waals surface area contributed by atoms with Crippen molar-refractivity contribution in [3.05, 3.63) is 52.8 Å². The summed E-state index contributed by atoms with van der Waals surface area (Å²) in [5.74, 6) is -1.42. The number of fused-ring (bicyclic) bond motifs is 1. The molecule has 2 heterocycles. The Balaban J connectivity index is 1.69. The van der Waals surface area contributed by atoms with Crippen LogP contribution in [0.2, 0.25) is 0 Å². The second-order valence-corrected chi connectivity index (χ2v) is 7.64. The molecule has 1 unspecified atom stereocenters. The van der Waals surface area contributed by atoms with Crippen LogP contribution in [0.25, 0.3) is 0 Å². The number of benzene rings is 1. The predicted octanol–water partition coefficient (Wildman–Crippen LogP) is 1.20. The third kappa shape index (κ3) is 3.49. The van der Waals surface area contributed by atoms with E-state index in [1.165, 1.54) is 0 Å². The van der Waals surface area contributed by atoms with Crippen molar-refractivity contribution in [1.29, 1.82) is 0 Å². The number of ether oxygens (including phenoxy) is 1. The molecule has 0 spiro atoms. The first-order valence-corrected chi connectivity index (χ1v) is 9.21. The average molecular weight is 349 g/mol. The first kappa shape index (κ1) is 16.7. The first-order chi connectivity index (χ1) is 11.4. The zero-order chi connectivity index (χ0) is 17.3. The summed E-state index contributed by atoms with van der Waals surface area (Å²) in [4.78, 5) is 12.2. The van der Waals surface area contributed by atoms with E-state index in [4.69, 9.17) is 4.74 Å². The van der Waals surface area contributed by atoms with E-state index in [1.54, 1.807) is 37.0 Å². The number of aromatic nitrogens is 2. The van der Waals surface area contributed by atoms with E-state index in [0.717, 1.165) is 11.1 Å². The number of hydrogen-bond acceptors (Lipinski definition) is 5. The van der Waals surface area contributed by atoms with Crippen LogP contribution in [0, 0.1) is 0 Å². The average Bonchev–Trinajstić information content (AvgIpc) is 3.13. The summed E-state index contributed by atoms with van der Waals surface area (Å²) in [6, 6.07) is 7.13. The molecule has 0 saturated heterocycles. The molecule has 24 heavy (non-hydrogen) atoms. The zero-order valence-corrected chi connectivity index (χ0v) is 14.3. The van der Waals surface area contributed by atoms with Gasteiger partial charge in [-0.1, -0.05) is 18.2 Å². The van der Waals surface area contributed by atoms with Crippen LogP contribution in [-0.4, -0.2) is 24.1 Å². The van der Waals surface area contributed by atoms with E-state index in [1.807, 2.05) is 12.1 Å². The van der Waals surface area contributed by atoms with E-state index in [9.17, 15) is 13.2 Å². The molecule has 8 heteroatoms. The molecule has 3 rings (SSSR count). The number of nitrogens with zero attached hydrogens (tertiary/aromatic N) is 2. The van der Waals surface area contributed by atoms with Gasteiger partial charge in [0.15, 0.2) is 0 Å². The minimum absolute atomic E-state index is 0.246. The molecule has 7 nitrogen and oxygen atoms in total. The lowest BCUT2D eigenvalue weighted by Crippen LogP contribution is -2.35. The summed E-state index contributed by atoms with van der Waals surface area (Å²) in [6.45, 7) is 2.70. The summed E-state index contributed by atoms with van der Waals surface area (Å²) in [5, 5.41) is 3.99. The number of amides is 1. The van der Waals surface area contributed by atoms with Crippen LogP contribution in [0.1, 0.15) is 35.2 Å². The van der Waals surface area contributed by atoms with Gasteiger partial charge in [0.2, 0.25) is 15.9 Å². The van der Waals surface area contributed by atoms with Crippen molar-refractivity contribution < 1.29 is 17.9 Å². The van der Waals surface area contributed by atoms with E-state index >= 15 is 0 Å². The third-order valence-electron chi connectivity index (χ3n) is 4.09. The predicted molar refractivity (Wildman–Crippen MR) is 87.3 cm³/mol. The van der Waals surface area contributed by atoms with Gasteiger partial charge in [-0.05, 0) is 29.7 Å². The fraction of sp³-hybridized carbons (Fsp3) is 0.375. The number of hydrogen-bond donors (Lipinski definition) is 1. The molecule has 1 N–H and O–H groups in total. The van der Waals surface area contributed by atoms with E-state index in [0.29, 0.717) is 24.5 Å². The standard InChI is InChI=1S/C16H19N3O4S/c1-11(15-5-6-17-19(15)2)16(20)18-24(21,22)10-12-3-4-13-8-23-9-14(13)7-12/h3-7,11H,8-10H2,1-2H3,(H,18,20). The second kappa shape index (κ2) is 6.37. The first-order valence-electron chi connectivity index (χ1n) is 7.56. The monoisotopic (exact) mass is 349 g/mol. The van der Waals surface area contributed by atoms with Crippen molar-refractivity contribution in [3.63, 3.8) is 0 Å². The highest BCUT2D eigenvalue weighted by Crippen LogP contribution is 2.22. The number of aryl methyl sites for hydroxylation is 1. The highest BCUT2D eigenvalue weighted by atomic mass is 32.2. The molecule has 2 aromatic rings. The Hall–Kier alpha value is -2.19. The summed E-state index contributed by atoms with van der Waals surface area (Å²) in [6.07, 6.45) is 1.57. The lowest BCUT2D eigenvalue weighted by Gasteiger charge is -2.13. The molecule has 0 radical (unpaired) electrons. The molecule has 0 aliphatic carbocycles. The van der Waals surface area contributed by atoms with Crippen molar-refractivity contribution in [3.8, 4) is 0 Å². The van der Waals surface area contributed by atoms with Gasteiger partial charge in [0.1, 0.15) is 0 Å². The van der Waals surface area contributed by atoms with E-state index in [2.05, 4.69) is 9.82 Å². The number of carbonyl (C=O) groups excluding carboxylic acids is 1. The van der Waals surface area contributed by atoms with Crippen molar-refractivity contribution >= 4 is 15.9 Å². The van der Waals surface area contributed by atoms with Gasteiger partial charge in [-0.3, -0.25) is 14.2 Å². The van der Waals surface area contributed by atoms with Crippen molar-refractivity contribution in [2.45, 2.75) is 31.8 Å². The van der Waals surface area contributed by atoms with E-state index in [-0.39, 0.29) is 5.75 Å². The molecule has 1 aliphatic heterocycles. The van der Waals surface area contributed by atoms with Crippen LogP contribution in [0.5, 0.6) is 0 Å². The highest BCUT2D eigenvalue weighted by molar-refractivity contribution is 7.89. The van der Waals surface area contributed by atoms with Crippen LogP contribution in [0.3, 0.4) is 0 Å². The molecular weight excluding hydrogens is 330 g/mol. The minimum Gasteiger partial charge on any atom is -0.372 e. The molecule has 1 aliphatic rings. The molecule has 0 fully saturated rings. The van der Waals surface area contributed by atoms with Gasteiger partial charge in [-0.25, -0.2) is 8.42 Å². The number of rotatable bonds is 5. The number of carbonyl (C=O) groups is 1. The van der Waals surface area contributed by atoms with Crippen LogP contribution < -0.4 is 4.72 Å². The molecule has 1 aromatic carbocycles. The SMILES string of the molecule is CC(C(=O)NS(=O)(=O)Cc1ccc2c(c1)COC2)c1ccnn1C. The molecular formula is C16H19N3O4S. The fourth-order valence-corrected chi connectivity index (χ4v) is 3.93. The van der Waals surface area contributed by atoms with Crippen LogP contribution in [0.4, 0.5) is 0 Å². The Labute approximate surface area is 140 Å². The molecule has 128 valence electrons. The zero-order valence-electron chi connectivity index (χ0n) is 13.5. The van der Waals surface area contributed by atoms with Gasteiger partial charge in [0.25, 0.3) is 0 Å². The molecule has 1 amide bonds. The fourth-order valence-electron chi connectivity index (χ4n) is 2.76. The smallest absolute Gasteiger partial charge is 0.242 e. The van der Waals surface area contributed by atoms with Gasteiger partial charge >= 0.3 is 0 Å². The third-order valence-corrected chi connectivity index (χ3v) is 5.32. The van der Waals surface area contributed by atoms with Crippen molar-refractivity contribution in [2.75, 3.05) is 0 Å². The van der Waals surface area contributed by atoms with Gasteiger partial charge in [0, 0.05) is 13.2 Å². The summed E-state index contributed by atoms with van der Waals surface area (Å²) in [5.41, 5.74) is 3.35.